The third-order valence-corrected chi connectivity index (χ3v) is 5.88. The minimum Gasteiger partial charge on any atom is -0.356 e. The maximum absolute atomic E-state index is 12.9. The van der Waals surface area contributed by atoms with Crippen LogP contribution in [0.15, 0.2) is 18.5 Å². The lowest BCUT2D eigenvalue weighted by molar-refractivity contribution is 0.0623. The number of rotatable bonds is 2. The SMILES string of the molecule is CC1(C#N)CCCN(C(=O)c2cn3c(n2)CCN(C(=O)c2cc(C#N)c[nH]2)CC3)C1. The molecule has 0 aromatic carbocycles. The summed E-state index contributed by atoms with van der Waals surface area (Å²) in [6.45, 7) is 4.48. The zero-order valence-corrected chi connectivity index (χ0v) is 16.9. The van der Waals surface area contributed by atoms with Crippen molar-refractivity contribution in [2.45, 2.75) is 32.7 Å². The van der Waals surface area contributed by atoms with Crippen molar-refractivity contribution >= 4 is 11.8 Å². The van der Waals surface area contributed by atoms with E-state index in [0.717, 1.165) is 18.7 Å². The molecule has 2 amide bonds. The van der Waals surface area contributed by atoms with Gasteiger partial charge in [-0.05, 0) is 25.8 Å². The fraction of sp³-hybridized carbons (Fsp3) is 0.476. The van der Waals surface area contributed by atoms with Crippen molar-refractivity contribution in [2.24, 2.45) is 5.41 Å². The molecule has 1 saturated heterocycles. The van der Waals surface area contributed by atoms with Gasteiger partial charge in [0.15, 0.2) is 0 Å². The lowest BCUT2D eigenvalue weighted by Gasteiger charge is -2.35. The number of fused-ring (bicyclic) bond motifs is 1. The molecule has 1 N–H and O–H groups in total. The topological polar surface area (TPSA) is 122 Å². The van der Waals surface area contributed by atoms with Gasteiger partial charge in [-0.15, -0.1) is 0 Å². The van der Waals surface area contributed by atoms with E-state index in [4.69, 9.17) is 5.26 Å². The molecule has 2 aromatic rings. The van der Waals surface area contributed by atoms with Gasteiger partial charge in [0.2, 0.25) is 0 Å². The van der Waals surface area contributed by atoms with Crippen LogP contribution in [0, 0.1) is 28.1 Å². The van der Waals surface area contributed by atoms with Gasteiger partial charge in [0.1, 0.15) is 23.3 Å². The van der Waals surface area contributed by atoms with Gasteiger partial charge in [0, 0.05) is 51.5 Å². The Labute approximate surface area is 174 Å². The summed E-state index contributed by atoms with van der Waals surface area (Å²) in [6, 6.07) is 5.89. The third kappa shape index (κ3) is 3.67. The number of hydrogen-bond donors (Lipinski definition) is 1. The van der Waals surface area contributed by atoms with E-state index in [0.29, 0.717) is 56.1 Å². The second-order valence-electron chi connectivity index (χ2n) is 8.19. The van der Waals surface area contributed by atoms with Crippen LogP contribution in [-0.4, -0.2) is 62.3 Å². The van der Waals surface area contributed by atoms with Crippen molar-refractivity contribution in [1.29, 1.82) is 10.5 Å². The molecule has 0 saturated carbocycles. The van der Waals surface area contributed by atoms with Crippen molar-refractivity contribution in [1.82, 2.24) is 24.3 Å². The number of carbonyl (C=O) groups is 2. The molecule has 0 aliphatic carbocycles. The lowest BCUT2D eigenvalue weighted by Crippen LogP contribution is -2.44. The Balaban J connectivity index is 1.44. The van der Waals surface area contributed by atoms with Gasteiger partial charge in [-0.3, -0.25) is 9.59 Å². The number of H-pyrrole nitrogens is 1. The molecule has 4 rings (SSSR count). The normalized spacial score (nSPS) is 21.3. The molecule has 154 valence electrons. The molecule has 0 bridgehead atoms. The number of carbonyl (C=O) groups excluding carboxylic acids is 2. The molecular weight excluding hydrogens is 382 g/mol. The number of aromatic nitrogens is 3. The Morgan fingerprint density at radius 2 is 2.00 bits per heavy atom. The van der Waals surface area contributed by atoms with Gasteiger partial charge in [-0.1, -0.05) is 0 Å². The average molecular weight is 405 g/mol. The molecule has 2 aliphatic rings. The number of imidazole rings is 1. The number of hydrogen-bond acceptors (Lipinski definition) is 5. The zero-order chi connectivity index (χ0) is 21.3. The molecule has 1 fully saturated rings. The van der Waals surface area contributed by atoms with E-state index in [-0.39, 0.29) is 11.8 Å². The molecule has 30 heavy (non-hydrogen) atoms. The molecule has 1 atom stereocenters. The molecule has 0 radical (unpaired) electrons. The summed E-state index contributed by atoms with van der Waals surface area (Å²) in [6.07, 6.45) is 5.43. The zero-order valence-electron chi connectivity index (χ0n) is 16.9. The van der Waals surface area contributed by atoms with Crippen LogP contribution in [0.1, 0.15) is 52.1 Å². The summed E-state index contributed by atoms with van der Waals surface area (Å²) < 4.78 is 1.93. The van der Waals surface area contributed by atoms with Crippen LogP contribution in [0.5, 0.6) is 0 Å². The minimum atomic E-state index is -0.505. The van der Waals surface area contributed by atoms with Gasteiger partial charge >= 0.3 is 0 Å². The van der Waals surface area contributed by atoms with Crippen molar-refractivity contribution in [2.75, 3.05) is 26.2 Å². The van der Waals surface area contributed by atoms with Gasteiger partial charge in [0.05, 0.1) is 17.0 Å². The van der Waals surface area contributed by atoms with E-state index in [2.05, 4.69) is 16.0 Å². The highest BCUT2D eigenvalue weighted by Gasteiger charge is 2.34. The first-order valence-electron chi connectivity index (χ1n) is 10.1. The Kier molecular flexibility index (Phi) is 5.04. The van der Waals surface area contributed by atoms with Gasteiger partial charge in [-0.25, -0.2) is 4.98 Å². The first-order valence-corrected chi connectivity index (χ1v) is 10.1. The Morgan fingerprint density at radius 1 is 1.17 bits per heavy atom. The molecule has 9 heteroatoms. The summed E-state index contributed by atoms with van der Waals surface area (Å²) in [5.74, 6) is 0.487. The maximum atomic E-state index is 12.9. The molecular formula is C21H23N7O2. The van der Waals surface area contributed by atoms with Crippen LogP contribution < -0.4 is 0 Å². The molecule has 9 nitrogen and oxygen atoms in total. The van der Waals surface area contributed by atoms with Crippen molar-refractivity contribution in [3.8, 4) is 12.1 Å². The summed E-state index contributed by atoms with van der Waals surface area (Å²) in [5.41, 5.74) is 0.714. The number of aromatic amines is 1. The number of amides is 2. The Hall–Kier alpha value is -3.59. The summed E-state index contributed by atoms with van der Waals surface area (Å²) in [7, 11) is 0. The fourth-order valence-corrected chi connectivity index (χ4v) is 4.15. The summed E-state index contributed by atoms with van der Waals surface area (Å²) in [4.78, 5) is 36.5. The third-order valence-electron chi connectivity index (χ3n) is 5.88. The smallest absolute Gasteiger partial charge is 0.274 e. The number of piperidine rings is 1. The van der Waals surface area contributed by atoms with E-state index in [9.17, 15) is 14.9 Å². The van der Waals surface area contributed by atoms with Crippen LogP contribution in [-0.2, 0) is 13.0 Å². The molecule has 1 unspecified atom stereocenters. The lowest BCUT2D eigenvalue weighted by atomic mass is 9.83. The minimum absolute atomic E-state index is 0.139. The predicted molar refractivity (Wildman–Crippen MR) is 106 cm³/mol. The van der Waals surface area contributed by atoms with Gasteiger partial charge in [-0.2, -0.15) is 10.5 Å². The maximum Gasteiger partial charge on any atom is 0.274 e. The Morgan fingerprint density at radius 3 is 2.73 bits per heavy atom. The number of nitrogens with one attached hydrogen (secondary N) is 1. The highest BCUT2D eigenvalue weighted by Crippen LogP contribution is 2.29. The largest absolute Gasteiger partial charge is 0.356 e. The molecule has 2 aromatic heterocycles. The summed E-state index contributed by atoms with van der Waals surface area (Å²) in [5, 5.41) is 18.3. The van der Waals surface area contributed by atoms with Gasteiger partial charge in [0.25, 0.3) is 11.8 Å². The van der Waals surface area contributed by atoms with Crippen LogP contribution in [0.4, 0.5) is 0 Å². The van der Waals surface area contributed by atoms with E-state index >= 15 is 0 Å². The monoisotopic (exact) mass is 405 g/mol. The Bertz CT molecular complexity index is 1040. The molecule has 0 spiro atoms. The van der Waals surface area contributed by atoms with Gasteiger partial charge < -0.3 is 19.4 Å². The first kappa shape index (κ1) is 19.7. The van der Waals surface area contributed by atoms with Crippen LogP contribution in [0.2, 0.25) is 0 Å². The number of nitriles is 2. The average Bonchev–Trinajstić information content (AvgIpc) is 3.36. The standard InChI is InChI=1S/C21H23N7O2/c1-21(13-23)4-2-5-28(14-21)20(30)17-12-27-8-7-26(6-3-18(27)25-17)19(29)16-9-15(10-22)11-24-16/h9,11-12,24H,2-8,14H2,1H3. The van der Waals surface area contributed by atoms with E-state index < -0.39 is 5.41 Å². The second-order valence-corrected chi connectivity index (χ2v) is 8.19. The first-order chi connectivity index (χ1) is 14.4. The van der Waals surface area contributed by atoms with Crippen LogP contribution in [0.3, 0.4) is 0 Å². The quantitative estimate of drug-likeness (QED) is 0.812. The predicted octanol–water partition coefficient (Wildman–Crippen LogP) is 1.55. The number of likely N-dealkylation sites (tertiary alicyclic amines) is 1. The second kappa shape index (κ2) is 7.68. The van der Waals surface area contributed by atoms with Crippen LogP contribution >= 0.6 is 0 Å². The van der Waals surface area contributed by atoms with Crippen LogP contribution in [0.25, 0.3) is 0 Å². The van der Waals surface area contributed by atoms with Crippen molar-refractivity contribution in [3.63, 3.8) is 0 Å². The van der Waals surface area contributed by atoms with Crippen molar-refractivity contribution < 1.29 is 9.59 Å². The van der Waals surface area contributed by atoms with E-state index in [1.54, 1.807) is 22.1 Å². The van der Waals surface area contributed by atoms with E-state index in [1.807, 2.05) is 17.6 Å². The number of nitrogens with zero attached hydrogens (tertiary/aromatic N) is 6. The highest BCUT2D eigenvalue weighted by molar-refractivity contribution is 5.93. The highest BCUT2D eigenvalue weighted by atomic mass is 16.2. The van der Waals surface area contributed by atoms with Crippen molar-refractivity contribution in [3.05, 3.63) is 41.2 Å². The molecule has 2 aliphatic heterocycles. The summed E-state index contributed by atoms with van der Waals surface area (Å²) >= 11 is 0. The molecule has 4 heterocycles. The van der Waals surface area contributed by atoms with E-state index in [1.165, 1.54) is 6.20 Å². The fourth-order valence-electron chi connectivity index (χ4n) is 4.15.